The second kappa shape index (κ2) is 7.35. The molecule has 2 rings (SSSR count). The summed E-state index contributed by atoms with van der Waals surface area (Å²) in [6.45, 7) is 1.37. The van der Waals surface area contributed by atoms with Crippen molar-refractivity contribution < 1.29 is 4.92 Å². The highest BCUT2D eigenvalue weighted by Gasteiger charge is 2.12. The van der Waals surface area contributed by atoms with Gasteiger partial charge in [-0.15, -0.1) is 0 Å². The topological polar surface area (TPSA) is 80.1 Å². The average Bonchev–Trinajstić information content (AvgIpc) is 2.52. The fourth-order valence-electron chi connectivity index (χ4n) is 2.04. The van der Waals surface area contributed by atoms with Crippen LogP contribution in [0.15, 0.2) is 42.6 Å². The van der Waals surface area contributed by atoms with Gasteiger partial charge in [0.25, 0.3) is 5.69 Å². The molecule has 6 heteroatoms. The Bertz CT molecular complexity index is 602. The Kier molecular flexibility index (Phi) is 5.22. The number of aromatic nitrogens is 1. The first-order valence-electron chi connectivity index (χ1n) is 6.76. The van der Waals surface area contributed by atoms with Gasteiger partial charge in [-0.3, -0.25) is 15.1 Å². The van der Waals surface area contributed by atoms with Crippen molar-refractivity contribution in [3.8, 4) is 0 Å². The van der Waals surface area contributed by atoms with Gasteiger partial charge in [0.15, 0.2) is 0 Å². The second-order valence-electron chi connectivity index (χ2n) is 4.61. The predicted octanol–water partition coefficient (Wildman–Crippen LogP) is 2.36. The van der Waals surface area contributed by atoms with E-state index in [1.54, 1.807) is 25.4 Å². The quantitative estimate of drug-likeness (QED) is 0.464. The number of benzene rings is 1. The van der Waals surface area contributed by atoms with Crippen molar-refractivity contribution >= 4 is 11.4 Å². The maximum atomic E-state index is 11.0. The molecule has 0 unspecified atom stereocenters. The van der Waals surface area contributed by atoms with Crippen LogP contribution in [0.4, 0.5) is 11.4 Å². The van der Waals surface area contributed by atoms with Crippen molar-refractivity contribution in [3.63, 3.8) is 0 Å². The molecule has 1 heterocycles. The van der Waals surface area contributed by atoms with Gasteiger partial charge in [-0.05, 0) is 23.8 Å². The number of hydrogen-bond donors (Lipinski definition) is 2. The maximum absolute atomic E-state index is 11.0. The van der Waals surface area contributed by atoms with Crippen molar-refractivity contribution in [1.29, 1.82) is 0 Å². The zero-order valence-electron chi connectivity index (χ0n) is 11.9. The van der Waals surface area contributed by atoms with Crippen LogP contribution in [0.25, 0.3) is 0 Å². The minimum atomic E-state index is -0.372. The van der Waals surface area contributed by atoms with Gasteiger partial charge in [0, 0.05) is 44.5 Å². The lowest BCUT2D eigenvalue weighted by Crippen LogP contribution is -2.17. The molecule has 1 aromatic heterocycles. The number of anilines is 1. The number of nitrogens with zero attached hydrogens (tertiary/aromatic N) is 2. The fraction of sp³-hybridized carbons (Fsp3) is 0.267. The van der Waals surface area contributed by atoms with Gasteiger partial charge in [-0.2, -0.15) is 0 Å². The first-order valence-corrected chi connectivity index (χ1v) is 6.76. The van der Waals surface area contributed by atoms with E-state index in [9.17, 15) is 10.1 Å². The zero-order valence-corrected chi connectivity index (χ0v) is 11.9. The van der Waals surface area contributed by atoms with Crippen LogP contribution in [0, 0.1) is 10.1 Å². The molecular formula is C15H18N4O2. The van der Waals surface area contributed by atoms with Gasteiger partial charge in [-0.25, -0.2) is 0 Å². The van der Waals surface area contributed by atoms with E-state index in [1.807, 2.05) is 24.3 Å². The van der Waals surface area contributed by atoms with Gasteiger partial charge in [0.1, 0.15) is 5.69 Å². The summed E-state index contributed by atoms with van der Waals surface area (Å²) in [7, 11) is 1.67. The monoisotopic (exact) mass is 286 g/mol. The molecule has 0 saturated carbocycles. The zero-order chi connectivity index (χ0) is 15.1. The van der Waals surface area contributed by atoms with Gasteiger partial charge in [0.05, 0.1) is 4.92 Å². The minimum absolute atomic E-state index is 0.0986. The van der Waals surface area contributed by atoms with Crippen LogP contribution >= 0.6 is 0 Å². The summed E-state index contributed by atoms with van der Waals surface area (Å²) in [5.74, 6) is 0. The Hall–Kier alpha value is -2.47. The van der Waals surface area contributed by atoms with Gasteiger partial charge in [0.2, 0.25) is 0 Å². The molecule has 0 aliphatic rings. The molecule has 110 valence electrons. The molecule has 0 aliphatic carbocycles. The molecule has 0 radical (unpaired) electrons. The molecule has 0 fully saturated rings. The summed E-state index contributed by atoms with van der Waals surface area (Å²) >= 11 is 0. The summed E-state index contributed by atoms with van der Waals surface area (Å²) in [4.78, 5) is 14.9. The van der Waals surface area contributed by atoms with Gasteiger partial charge < -0.3 is 10.6 Å². The molecule has 0 bridgehead atoms. The molecule has 21 heavy (non-hydrogen) atoms. The number of nitro groups is 1. The Labute approximate surface area is 123 Å². The highest BCUT2D eigenvalue weighted by atomic mass is 16.6. The van der Waals surface area contributed by atoms with E-state index >= 15 is 0 Å². The van der Waals surface area contributed by atoms with E-state index in [-0.39, 0.29) is 10.6 Å². The van der Waals surface area contributed by atoms with E-state index in [0.717, 1.165) is 24.2 Å². The van der Waals surface area contributed by atoms with E-state index in [0.29, 0.717) is 12.2 Å². The normalized spacial score (nSPS) is 10.3. The number of hydrogen-bond acceptors (Lipinski definition) is 5. The van der Waals surface area contributed by atoms with E-state index < -0.39 is 0 Å². The molecule has 0 atom stereocenters. The van der Waals surface area contributed by atoms with Crippen molar-refractivity contribution in [2.75, 3.05) is 18.9 Å². The molecule has 1 aromatic carbocycles. The first-order chi connectivity index (χ1) is 10.2. The van der Waals surface area contributed by atoms with Crippen LogP contribution in [0.3, 0.4) is 0 Å². The lowest BCUT2D eigenvalue weighted by molar-refractivity contribution is -0.384. The van der Waals surface area contributed by atoms with E-state index in [2.05, 4.69) is 15.6 Å². The lowest BCUT2D eigenvalue weighted by Gasteiger charge is -2.07. The molecule has 2 N–H and O–H groups in total. The Morgan fingerprint density at radius 3 is 2.81 bits per heavy atom. The van der Waals surface area contributed by atoms with E-state index in [4.69, 9.17) is 0 Å². The third-order valence-electron chi connectivity index (χ3n) is 3.14. The van der Waals surface area contributed by atoms with Crippen molar-refractivity contribution in [2.24, 2.45) is 0 Å². The second-order valence-corrected chi connectivity index (χ2v) is 4.61. The van der Waals surface area contributed by atoms with Gasteiger partial charge in [-0.1, -0.05) is 12.1 Å². The highest BCUT2D eigenvalue weighted by Crippen LogP contribution is 2.24. The number of nitrogens with one attached hydrogen (secondary N) is 2. The van der Waals surface area contributed by atoms with Crippen molar-refractivity contribution in [2.45, 2.75) is 13.0 Å². The summed E-state index contributed by atoms with van der Waals surface area (Å²) in [6, 6.07) is 11.0. The Morgan fingerprint density at radius 2 is 2.14 bits per heavy atom. The molecule has 2 aromatic rings. The summed E-state index contributed by atoms with van der Waals surface area (Å²) in [5.41, 5.74) is 2.54. The minimum Gasteiger partial charge on any atom is -0.383 e. The SMILES string of the molecule is CNc1ccc(CNCCc2ccccn2)cc1[N+](=O)[O-]. The van der Waals surface area contributed by atoms with E-state index in [1.165, 1.54) is 0 Å². The molecule has 0 spiro atoms. The van der Waals surface area contributed by atoms with Crippen LogP contribution < -0.4 is 10.6 Å². The van der Waals surface area contributed by atoms with Crippen molar-refractivity contribution in [3.05, 3.63) is 64.0 Å². The number of rotatable bonds is 7. The largest absolute Gasteiger partial charge is 0.383 e. The predicted molar refractivity (Wildman–Crippen MR) is 82.3 cm³/mol. The maximum Gasteiger partial charge on any atom is 0.292 e. The van der Waals surface area contributed by atoms with Crippen LogP contribution in [-0.2, 0) is 13.0 Å². The van der Waals surface area contributed by atoms with Crippen molar-refractivity contribution in [1.82, 2.24) is 10.3 Å². The van der Waals surface area contributed by atoms with Gasteiger partial charge >= 0.3 is 0 Å². The number of pyridine rings is 1. The summed E-state index contributed by atoms with van der Waals surface area (Å²) in [6.07, 6.45) is 2.60. The fourth-order valence-corrected chi connectivity index (χ4v) is 2.04. The molecular weight excluding hydrogens is 268 g/mol. The highest BCUT2D eigenvalue weighted by molar-refractivity contribution is 5.62. The average molecular weight is 286 g/mol. The number of nitro benzene ring substituents is 1. The third kappa shape index (κ3) is 4.25. The van der Waals surface area contributed by atoms with Crippen LogP contribution in [-0.4, -0.2) is 23.5 Å². The Morgan fingerprint density at radius 1 is 1.29 bits per heavy atom. The summed E-state index contributed by atoms with van der Waals surface area (Å²) < 4.78 is 0. The molecule has 0 amide bonds. The lowest BCUT2D eigenvalue weighted by atomic mass is 10.1. The summed E-state index contributed by atoms with van der Waals surface area (Å²) in [5, 5.41) is 17.1. The molecule has 6 nitrogen and oxygen atoms in total. The van der Waals surface area contributed by atoms with Crippen LogP contribution in [0.1, 0.15) is 11.3 Å². The van der Waals surface area contributed by atoms with Crippen LogP contribution in [0.2, 0.25) is 0 Å². The van der Waals surface area contributed by atoms with Crippen LogP contribution in [0.5, 0.6) is 0 Å². The smallest absolute Gasteiger partial charge is 0.292 e. The Balaban J connectivity index is 1.88. The standard InChI is InChI=1S/C15H18N4O2/c1-16-14-6-5-12(10-15(14)19(20)21)11-17-9-7-13-4-2-3-8-18-13/h2-6,8,10,16-17H,7,9,11H2,1H3. The molecule has 0 aliphatic heterocycles. The first kappa shape index (κ1) is 14.9. The third-order valence-corrected chi connectivity index (χ3v) is 3.14. The molecule has 0 saturated heterocycles.